The zero-order chi connectivity index (χ0) is 14.5. The van der Waals surface area contributed by atoms with E-state index in [1.165, 1.54) is 5.69 Å². The van der Waals surface area contributed by atoms with Crippen molar-refractivity contribution in [2.45, 2.75) is 26.6 Å². The van der Waals surface area contributed by atoms with Gasteiger partial charge in [-0.3, -0.25) is 9.58 Å². The third-order valence-electron chi connectivity index (χ3n) is 3.19. The fourth-order valence-electron chi connectivity index (χ4n) is 2.18. The molecule has 0 amide bonds. The van der Waals surface area contributed by atoms with Crippen LogP contribution in [0.5, 0.6) is 0 Å². The summed E-state index contributed by atoms with van der Waals surface area (Å²) in [5.74, 6) is -0.892. The van der Waals surface area contributed by atoms with E-state index in [2.05, 4.69) is 16.9 Å². The number of carbonyl (C=O) groups is 1. The van der Waals surface area contributed by atoms with Crippen molar-refractivity contribution in [2.75, 3.05) is 7.05 Å². The van der Waals surface area contributed by atoms with Gasteiger partial charge in [0.05, 0.1) is 11.3 Å². The number of carboxylic acid groups (broad SMARTS) is 1. The van der Waals surface area contributed by atoms with Gasteiger partial charge in [0.2, 0.25) is 0 Å². The molecule has 1 aromatic heterocycles. The molecule has 2 rings (SSSR count). The maximum atomic E-state index is 10.8. The number of carboxylic acids is 1. The van der Waals surface area contributed by atoms with Crippen LogP contribution in [-0.2, 0) is 19.6 Å². The quantitative estimate of drug-likeness (QED) is 0.877. The van der Waals surface area contributed by atoms with Crippen molar-refractivity contribution in [3.8, 4) is 0 Å². The number of benzene rings is 1. The maximum Gasteiger partial charge on any atom is 0.335 e. The van der Waals surface area contributed by atoms with Crippen LogP contribution in [0.15, 0.2) is 36.5 Å². The highest BCUT2D eigenvalue weighted by atomic mass is 16.4. The second kappa shape index (κ2) is 6.34. The largest absolute Gasteiger partial charge is 0.478 e. The summed E-state index contributed by atoms with van der Waals surface area (Å²) in [6.07, 6.45) is 1.81. The lowest BCUT2D eigenvalue weighted by Gasteiger charge is -2.17. The van der Waals surface area contributed by atoms with Crippen molar-refractivity contribution in [1.82, 2.24) is 14.7 Å². The van der Waals surface area contributed by atoms with Crippen LogP contribution in [0, 0.1) is 0 Å². The number of hydrogen-bond donors (Lipinski definition) is 1. The molecule has 0 spiro atoms. The Morgan fingerprint density at radius 3 is 2.55 bits per heavy atom. The second-order valence-corrected chi connectivity index (χ2v) is 4.81. The summed E-state index contributed by atoms with van der Waals surface area (Å²) in [6, 6.07) is 9.02. The number of aromatic nitrogens is 2. The fourth-order valence-corrected chi connectivity index (χ4v) is 2.18. The van der Waals surface area contributed by atoms with Crippen LogP contribution >= 0.6 is 0 Å². The summed E-state index contributed by atoms with van der Waals surface area (Å²) in [4.78, 5) is 13.0. The van der Waals surface area contributed by atoms with E-state index in [0.717, 1.165) is 25.2 Å². The Labute approximate surface area is 118 Å². The zero-order valence-corrected chi connectivity index (χ0v) is 11.8. The molecule has 0 bridgehead atoms. The molecule has 0 aliphatic carbocycles. The molecular formula is C15H19N3O2. The fraction of sp³-hybridized carbons (Fsp3) is 0.333. The van der Waals surface area contributed by atoms with Crippen molar-refractivity contribution in [3.05, 3.63) is 53.3 Å². The molecule has 0 unspecified atom stereocenters. The summed E-state index contributed by atoms with van der Waals surface area (Å²) in [7, 11) is 2.04. The van der Waals surface area contributed by atoms with Gasteiger partial charge in [-0.2, -0.15) is 5.10 Å². The number of rotatable bonds is 6. The van der Waals surface area contributed by atoms with Crippen molar-refractivity contribution >= 4 is 5.97 Å². The van der Waals surface area contributed by atoms with E-state index in [4.69, 9.17) is 5.11 Å². The highest BCUT2D eigenvalue weighted by Gasteiger charge is 2.07. The van der Waals surface area contributed by atoms with E-state index in [0.29, 0.717) is 5.56 Å². The highest BCUT2D eigenvalue weighted by molar-refractivity contribution is 5.87. The third-order valence-corrected chi connectivity index (χ3v) is 3.19. The van der Waals surface area contributed by atoms with Gasteiger partial charge in [0.15, 0.2) is 0 Å². The topological polar surface area (TPSA) is 58.4 Å². The van der Waals surface area contributed by atoms with E-state index < -0.39 is 5.97 Å². The predicted molar refractivity (Wildman–Crippen MR) is 76.5 cm³/mol. The van der Waals surface area contributed by atoms with Gasteiger partial charge in [-0.15, -0.1) is 0 Å². The average molecular weight is 273 g/mol. The van der Waals surface area contributed by atoms with E-state index in [-0.39, 0.29) is 0 Å². The average Bonchev–Trinajstić information content (AvgIpc) is 2.86. The molecule has 1 aromatic carbocycles. The van der Waals surface area contributed by atoms with Gasteiger partial charge >= 0.3 is 5.97 Å². The summed E-state index contributed by atoms with van der Waals surface area (Å²) in [5, 5.41) is 13.1. The van der Waals surface area contributed by atoms with Gasteiger partial charge in [-0.1, -0.05) is 12.1 Å². The first-order chi connectivity index (χ1) is 9.60. The first kappa shape index (κ1) is 14.3. The van der Waals surface area contributed by atoms with Crippen LogP contribution < -0.4 is 0 Å². The lowest BCUT2D eigenvalue weighted by atomic mass is 10.1. The van der Waals surface area contributed by atoms with Crippen molar-refractivity contribution < 1.29 is 9.90 Å². The zero-order valence-electron chi connectivity index (χ0n) is 11.8. The first-order valence-corrected chi connectivity index (χ1v) is 6.61. The lowest BCUT2D eigenvalue weighted by Crippen LogP contribution is -2.19. The van der Waals surface area contributed by atoms with Crippen LogP contribution in [-0.4, -0.2) is 32.8 Å². The van der Waals surface area contributed by atoms with E-state index in [1.807, 2.05) is 36.1 Å². The monoisotopic (exact) mass is 273 g/mol. The minimum absolute atomic E-state index is 0.320. The Balaban J connectivity index is 1.97. The van der Waals surface area contributed by atoms with Crippen LogP contribution in [0.3, 0.4) is 0 Å². The van der Waals surface area contributed by atoms with Gasteiger partial charge in [0.1, 0.15) is 0 Å². The van der Waals surface area contributed by atoms with Crippen LogP contribution in [0.25, 0.3) is 0 Å². The molecule has 20 heavy (non-hydrogen) atoms. The van der Waals surface area contributed by atoms with Gasteiger partial charge < -0.3 is 5.11 Å². The van der Waals surface area contributed by atoms with Crippen LogP contribution in [0.4, 0.5) is 0 Å². The Morgan fingerprint density at radius 2 is 1.95 bits per heavy atom. The highest BCUT2D eigenvalue weighted by Crippen LogP contribution is 2.10. The third kappa shape index (κ3) is 3.45. The molecule has 2 aromatic rings. The van der Waals surface area contributed by atoms with Gasteiger partial charge in [-0.05, 0) is 37.7 Å². The van der Waals surface area contributed by atoms with Gasteiger partial charge in [-0.25, -0.2) is 4.79 Å². The molecule has 0 saturated heterocycles. The molecule has 0 saturated carbocycles. The number of nitrogens with zero attached hydrogens (tertiary/aromatic N) is 3. The van der Waals surface area contributed by atoms with Crippen molar-refractivity contribution in [3.63, 3.8) is 0 Å². The summed E-state index contributed by atoms with van der Waals surface area (Å²) >= 11 is 0. The summed E-state index contributed by atoms with van der Waals surface area (Å²) in [6.45, 7) is 4.52. The van der Waals surface area contributed by atoms with Crippen molar-refractivity contribution in [2.24, 2.45) is 0 Å². The van der Waals surface area contributed by atoms with Crippen LogP contribution in [0.1, 0.15) is 28.5 Å². The van der Waals surface area contributed by atoms with E-state index in [9.17, 15) is 4.79 Å². The predicted octanol–water partition coefficient (Wildman–Crippen LogP) is 2.23. The normalized spacial score (nSPS) is 10.9. The smallest absolute Gasteiger partial charge is 0.335 e. The molecule has 5 nitrogen and oxygen atoms in total. The number of hydrogen-bond acceptors (Lipinski definition) is 3. The SMILES string of the molecule is CCn1nccc1CN(C)Cc1ccc(C(=O)O)cc1. The molecule has 0 atom stereocenters. The maximum absolute atomic E-state index is 10.8. The minimum Gasteiger partial charge on any atom is -0.478 e. The molecule has 0 aliphatic rings. The van der Waals surface area contributed by atoms with Gasteiger partial charge in [0, 0.05) is 25.8 Å². The molecule has 5 heteroatoms. The molecule has 0 radical (unpaired) electrons. The molecular weight excluding hydrogens is 254 g/mol. The molecule has 106 valence electrons. The van der Waals surface area contributed by atoms with Crippen molar-refractivity contribution in [1.29, 1.82) is 0 Å². The Morgan fingerprint density at radius 1 is 1.25 bits per heavy atom. The first-order valence-electron chi connectivity index (χ1n) is 6.61. The second-order valence-electron chi connectivity index (χ2n) is 4.81. The van der Waals surface area contributed by atoms with E-state index >= 15 is 0 Å². The molecule has 1 heterocycles. The number of aryl methyl sites for hydroxylation is 1. The molecule has 0 aliphatic heterocycles. The molecule has 0 fully saturated rings. The van der Waals surface area contributed by atoms with Crippen LogP contribution in [0.2, 0.25) is 0 Å². The minimum atomic E-state index is -0.892. The summed E-state index contributed by atoms with van der Waals surface area (Å²) < 4.78 is 1.98. The number of aromatic carboxylic acids is 1. The van der Waals surface area contributed by atoms with Gasteiger partial charge in [0.25, 0.3) is 0 Å². The lowest BCUT2D eigenvalue weighted by molar-refractivity contribution is 0.0697. The summed E-state index contributed by atoms with van der Waals surface area (Å²) in [5.41, 5.74) is 2.60. The Bertz CT molecular complexity index is 575. The Hall–Kier alpha value is -2.14. The molecule has 1 N–H and O–H groups in total. The standard InChI is InChI=1S/C15H19N3O2/c1-3-18-14(8-9-16-18)11-17(2)10-12-4-6-13(7-5-12)15(19)20/h4-9H,3,10-11H2,1-2H3,(H,19,20). The Kier molecular flexibility index (Phi) is 4.53. The van der Waals surface area contributed by atoms with E-state index in [1.54, 1.807) is 12.1 Å².